The van der Waals surface area contributed by atoms with Crippen molar-refractivity contribution in [3.63, 3.8) is 0 Å². The van der Waals surface area contributed by atoms with Gasteiger partial charge in [-0.25, -0.2) is 0 Å². The Balaban J connectivity index is 1.42. The molecule has 0 aromatic heterocycles. The van der Waals surface area contributed by atoms with Crippen LogP contribution in [0.15, 0.2) is 0 Å². The molecule has 0 N–H and O–H groups in total. The predicted molar refractivity (Wildman–Crippen MR) is 91.4 cm³/mol. The molecule has 1 saturated carbocycles. The number of hydrogen-bond donors (Lipinski definition) is 0. The number of fused-ring (bicyclic) bond motifs is 1. The van der Waals surface area contributed by atoms with Gasteiger partial charge in [-0.1, -0.05) is 12.8 Å². The van der Waals surface area contributed by atoms with E-state index in [0.717, 1.165) is 19.4 Å². The molecule has 3 fully saturated rings. The number of ketones is 1. The van der Waals surface area contributed by atoms with Crippen LogP contribution in [-0.2, 0) is 14.4 Å². The maximum atomic E-state index is 12.6. The van der Waals surface area contributed by atoms with Crippen LogP contribution in [0.25, 0.3) is 0 Å². The summed E-state index contributed by atoms with van der Waals surface area (Å²) in [6.45, 7) is 2.02. The van der Waals surface area contributed by atoms with E-state index in [4.69, 9.17) is 0 Å². The highest BCUT2D eigenvalue weighted by molar-refractivity contribution is 5.83. The molecule has 5 heteroatoms. The predicted octanol–water partition coefficient (Wildman–Crippen LogP) is 2.53. The van der Waals surface area contributed by atoms with Crippen LogP contribution in [0.1, 0.15) is 70.6 Å². The molecule has 0 bridgehead atoms. The van der Waals surface area contributed by atoms with Crippen LogP contribution >= 0.6 is 0 Å². The first kappa shape index (κ1) is 17.4. The van der Waals surface area contributed by atoms with Gasteiger partial charge in [0, 0.05) is 51.4 Å². The molecule has 1 aliphatic carbocycles. The number of likely N-dealkylation sites (tertiary alicyclic amines) is 2. The van der Waals surface area contributed by atoms with Gasteiger partial charge in [0.15, 0.2) is 0 Å². The third-order valence-corrected chi connectivity index (χ3v) is 6.02. The lowest BCUT2D eigenvalue weighted by Gasteiger charge is -2.44. The summed E-state index contributed by atoms with van der Waals surface area (Å²) in [4.78, 5) is 39.9. The van der Waals surface area contributed by atoms with E-state index in [2.05, 4.69) is 4.90 Å². The van der Waals surface area contributed by atoms with Crippen molar-refractivity contribution in [3.8, 4) is 0 Å². The first-order valence-corrected chi connectivity index (χ1v) is 9.74. The standard InChI is InChI=1S/C19H30N2O3/c22-16-10-13-20(14-11-16)18(23)8-3-9-19(24)21-12-4-6-15-5-1-2-7-17(15)21/h15,17H,1-14H2. The summed E-state index contributed by atoms with van der Waals surface area (Å²) < 4.78 is 0. The Morgan fingerprint density at radius 1 is 0.875 bits per heavy atom. The number of amides is 2. The SMILES string of the molecule is O=C1CCN(C(=O)CCCC(=O)N2CCCC3CCCCC32)CC1. The van der Waals surface area contributed by atoms with Crippen molar-refractivity contribution in [2.45, 2.75) is 76.7 Å². The molecule has 2 heterocycles. The molecule has 0 spiro atoms. The smallest absolute Gasteiger partial charge is 0.222 e. The monoisotopic (exact) mass is 334 g/mol. The number of Topliss-reactive ketones (excluding diaryl/α,β-unsaturated/α-hetero) is 1. The van der Waals surface area contributed by atoms with Crippen LogP contribution in [0.3, 0.4) is 0 Å². The molecule has 2 saturated heterocycles. The van der Waals surface area contributed by atoms with Crippen molar-refractivity contribution in [2.24, 2.45) is 5.92 Å². The van der Waals surface area contributed by atoms with Crippen molar-refractivity contribution < 1.29 is 14.4 Å². The van der Waals surface area contributed by atoms with E-state index in [1.165, 1.54) is 25.7 Å². The molecule has 5 nitrogen and oxygen atoms in total. The lowest BCUT2D eigenvalue weighted by molar-refractivity contribution is -0.138. The summed E-state index contributed by atoms with van der Waals surface area (Å²) in [5.74, 6) is 1.31. The van der Waals surface area contributed by atoms with Gasteiger partial charge in [0.25, 0.3) is 0 Å². The van der Waals surface area contributed by atoms with Gasteiger partial charge in [-0.3, -0.25) is 14.4 Å². The first-order valence-electron chi connectivity index (χ1n) is 9.74. The van der Waals surface area contributed by atoms with E-state index < -0.39 is 0 Å². The minimum Gasteiger partial charge on any atom is -0.342 e. The Kier molecular flexibility index (Phi) is 5.90. The van der Waals surface area contributed by atoms with Crippen molar-refractivity contribution in [1.29, 1.82) is 0 Å². The van der Waals surface area contributed by atoms with Crippen LogP contribution in [0.5, 0.6) is 0 Å². The van der Waals surface area contributed by atoms with Crippen molar-refractivity contribution >= 4 is 17.6 Å². The fourth-order valence-electron chi connectivity index (χ4n) is 4.63. The van der Waals surface area contributed by atoms with Crippen molar-refractivity contribution in [2.75, 3.05) is 19.6 Å². The number of carbonyl (C=O) groups is 3. The minimum absolute atomic E-state index is 0.101. The molecule has 2 atom stereocenters. The van der Waals surface area contributed by atoms with E-state index in [9.17, 15) is 14.4 Å². The highest BCUT2D eigenvalue weighted by atomic mass is 16.2. The Bertz CT molecular complexity index is 479. The summed E-state index contributed by atoms with van der Waals surface area (Å²) in [5.41, 5.74) is 0. The quantitative estimate of drug-likeness (QED) is 0.794. The van der Waals surface area contributed by atoms with Gasteiger partial charge < -0.3 is 9.80 Å². The molecule has 2 unspecified atom stereocenters. The molecule has 0 aromatic carbocycles. The van der Waals surface area contributed by atoms with Gasteiger partial charge >= 0.3 is 0 Å². The van der Waals surface area contributed by atoms with Gasteiger partial charge in [-0.05, 0) is 38.0 Å². The maximum absolute atomic E-state index is 12.6. The van der Waals surface area contributed by atoms with E-state index in [1.54, 1.807) is 4.90 Å². The Hall–Kier alpha value is -1.39. The summed E-state index contributed by atoms with van der Waals surface area (Å²) >= 11 is 0. The van der Waals surface area contributed by atoms with Gasteiger partial charge in [0.05, 0.1) is 0 Å². The largest absolute Gasteiger partial charge is 0.342 e. The van der Waals surface area contributed by atoms with E-state index >= 15 is 0 Å². The lowest BCUT2D eigenvalue weighted by Crippen LogP contribution is -2.49. The molecular weight excluding hydrogens is 304 g/mol. The van der Waals surface area contributed by atoms with Gasteiger partial charge in [0.2, 0.25) is 11.8 Å². The number of hydrogen-bond acceptors (Lipinski definition) is 3. The lowest BCUT2D eigenvalue weighted by atomic mass is 9.78. The third-order valence-electron chi connectivity index (χ3n) is 6.02. The summed E-state index contributed by atoms with van der Waals surface area (Å²) in [6, 6.07) is 0.462. The van der Waals surface area contributed by atoms with Crippen molar-refractivity contribution in [3.05, 3.63) is 0 Å². The van der Waals surface area contributed by atoms with Crippen molar-refractivity contribution in [1.82, 2.24) is 9.80 Å². The van der Waals surface area contributed by atoms with Gasteiger partial charge in [-0.15, -0.1) is 0 Å². The van der Waals surface area contributed by atoms with E-state index in [0.29, 0.717) is 57.2 Å². The molecular formula is C19H30N2O3. The highest BCUT2D eigenvalue weighted by Gasteiger charge is 2.35. The molecule has 2 amide bonds. The number of nitrogens with zero attached hydrogens (tertiary/aromatic N) is 2. The second kappa shape index (κ2) is 8.13. The fourth-order valence-corrected chi connectivity index (χ4v) is 4.63. The highest BCUT2D eigenvalue weighted by Crippen LogP contribution is 2.35. The van der Waals surface area contributed by atoms with Gasteiger partial charge in [0.1, 0.15) is 5.78 Å². The topological polar surface area (TPSA) is 57.7 Å². The van der Waals surface area contributed by atoms with Crippen LogP contribution in [0.4, 0.5) is 0 Å². The van der Waals surface area contributed by atoms with Crippen LogP contribution < -0.4 is 0 Å². The van der Waals surface area contributed by atoms with E-state index in [1.807, 2.05) is 0 Å². The summed E-state index contributed by atoms with van der Waals surface area (Å²) in [6.07, 6.45) is 9.95. The maximum Gasteiger partial charge on any atom is 0.222 e. The number of rotatable bonds is 4. The summed E-state index contributed by atoms with van der Waals surface area (Å²) in [7, 11) is 0. The molecule has 2 aliphatic heterocycles. The van der Waals surface area contributed by atoms with Crippen LogP contribution in [0, 0.1) is 5.92 Å². The van der Waals surface area contributed by atoms with Crippen LogP contribution in [0.2, 0.25) is 0 Å². The molecule has 134 valence electrons. The zero-order valence-corrected chi connectivity index (χ0v) is 14.7. The Labute approximate surface area is 144 Å². The minimum atomic E-state index is 0.101. The fraction of sp³-hybridized carbons (Fsp3) is 0.842. The second-order valence-corrected chi connectivity index (χ2v) is 7.61. The second-order valence-electron chi connectivity index (χ2n) is 7.61. The number of carbonyl (C=O) groups excluding carboxylic acids is 3. The average molecular weight is 334 g/mol. The number of piperidine rings is 2. The van der Waals surface area contributed by atoms with Crippen LogP contribution in [-0.4, -0.2) is 53.1 Å². The first-order chi connectivity index (χ1) is 11.6. The zero-order valence-electron chi connectivity index (χ0n) is 14.7. The molecule has 3 rings (SSSR count). The normalized spacial score (nSPS) is 27.8. The van der Waals surface area contributed by atoms with E-state index in [-0.39, 0.29) is 17.6 Å². The van der Waals surface area contributed by atoms with Gasteiger partial charge in [-0.2, -0.15) is 0 Å². The summed E-state index contributed by atoms with van der Waals surface area (Å²) in [5, 5.41) is 0. The Morgan fingerprint density at radius 3 is 2.33 bits per heavy atom. The zero-order chi connectivity index (χ0) is 16.9. The Morgan fingerprint density at radius 2 is 1.54 bits per heavy atom. The third kappa shape index (κ3) is 4.17. The molecule has 0 radical (unpaired) electrons. The average Bonchev–Trinajstić information content (AvgIpc) is 2.61. The molecule has 0 aromatic rings. The molecule has 24 heavy (non-hydrogen) atoms. The molecule has 3 aliphatic rings.